The standard InChI is InChI=1S/C20H25N3O2/c1-5-22(6-2)19(24)16-9-11-17(12-10-16)20(25)23(15(3)4)18-8-7-13-21-14-18/h7-15H,5-6H2,1-4H3. The lowest BCUT2D eigenvalue weighted by molar-refractivity contribution is 0.0772. The number of rotatable bonds is 6. The molecule has 1 aromatic heterocycles. The van der Waals surface area contributed by atoms with Gasteiger partial charge in [-0.25, -0.2) is 0 Å². The van der Waals surface area contributed by atoms with Crippen molar-refractivity contribution in [3.8, 4) is 0 Å². The van der Waals surface area contributed by atoms with Crippen LogP contribution in [0.2, 0.25) is 0 Å². The second-order valence-corrected chi connectivity index (χ2v) is 6.03. The summed E-state index contributed by atoms with van der Waals surface area (Å²) in [5.41, 5.74) is 1.90. The lowest BCUT2D eigenvalue weighted by Gasteiger charge is -2.26. The van der Waals surface area contributed by atoms with Crippen molar-refractivity contribution in [1.29, 1.82) is 0 Å². The van der Waals surface area contributed by atoms with E-state index in [-0.39, 0.29) is 17.9 Å². The molecule has 0 N–H and O–H groups in total. The third kappa shape index (κ3) is 4.24. The van der Waals surface area contributed by atoms with Gasteiger partial charge in [0.25, 0.3) is 11.8 Å². The third-order valence-electron chi connectivity index (χ3n) is 4.09. The number of carbonyl (C=O) groups is 2. The number of aromatic nitrogens is 1. The molecule has 2 amide bonds. The fraction of sp³-hybridized carbons (Fsp3) is 0.350. The molecule has 132 valence electrons. The topological polar surface area (TPSA) is 53.5 Å². The molecule has 1 heterocycles. The molecular weight excluding hydrogens is 314 g/mol. The van der Waals surface area contributed by atoms with Crippen molar-refractivity contribution in [3.05, 3.63) is 59.9 Å². The molecule has 0 saturated carbocycles. The molecular formula is C20H25N3O2. The van der Waals surface area contributed by atoms with Gasteiger partial charge in [0.1, 0.15) is 0 Å². The first kappa shape index (κ1) is 18.6. The maximum Gasteiger partial charge on any atom is 0.258 e. The van der Waals surface area contributed by atoms with E-state index in [2.05, 4.69) is 4.98 Å². The Kier molecular flexibility index (Phi) is 6.28. The number of carbonyl (C=O) groups excluding carboxylic acids is 2. The average molecular weight is 339 g/mol. The van der Waals surface area contributed by atoms with Crippen LogP contribution >= 0.6 is 0 Å². The van der Waals surface area contributed by atoms with E-state index in [9.17, 15) is 9.59 Å². The van der Waals surface area contributed by atoms with Crippen LogP contribution in [0.5, 0.6) is 0 Å². The molecule has 2 rings (SSSR count). The highest BCUT2D eigenvalue weighted by atomic mass is 16.2. The number of anilines is 1. The van der Waals surface area contributed by atoms with Crippen molar-refractivity contribution in [2.24, 2.45) is 0 Å². The molecule has 2 aromatic rings. The Hall–Kier alpha value is -2.69. The molecule has 0 atom stereocenters. The Labute approximate surface area is 149 Å². The summed E-state index contributed by atoms with van der Waals surface area (Å²) in [6.45, 7) is 9.16. The van der Waals surface area contributed by atoms with Crippen molar-refractivity contribution in [2.75, 3.05) is 18.0 Å². The second-order valence-electron chi connectivity index (χ2n) is 6.03. The van der Waals surface area contributed by atoms with Crippen LogP contribution < -0.4 is 4.90 Å². The van der Waals surface area contributed by atoms with Gasteiger partial charge in [0.05, 0.1) is 11.9 Å². The summed E-state index contributed by atoms with van der Waals surface area (Å²) in [6, 6.07) is 10.5. The fourth-order valence-electron chi connectivity index (χ4n) is 2.73. The van der Waals surface area contributed by atoms with Crippen LogP contribution in [0.15, 0.2) is 48.8 Å². The van der Waals surface area contributed by atoms with Gasteiger partial charge in [-0.3, -0.25) is 14.6 Å². The van der Waals surface area contributed by atoms with Gasteiger partial charge in [0.2, 0.25) is 0 Å². The van der Waals surface area contributed by atoms with E-state index in [1.165, 1.54) is 0 Å². The predicted octanol–water partition coefficient (Wildman–Crippen LogP) is 3.62. The fourth-order valence-corrected chi connectivity index (χ4v) is 2.73. The summed E-state index contributed by atoms with van der Waals surface area (Å²) in [6.07, 6.45) is 3.36. The van der Waals surface area contributed by atoms with Crippen molar-refractivity contribution < 1.29 is 9.59 Å². The maximum absolute atomic E-state index is 12.9. The number of hydrogen-bond acceptors (Lipinski definition) is 3. The smallest absolute Gasteiger partial charge is 0.258 e. The highest BCUT2D eigenvalue weighted by Gasteiger charge is 2.21. The van der Waals surface area contributed by atoms with Gasteiger partial charge < -0.3 is 9.80 Å². The molecule has 0 spiro atoms. The zero-order valence-electron chi connectivity index (χ0n) is 15.3. The summed E-state index contributed by atoms with van der Waals surface area (Å²) in [4.78, 5) is 32.8. The Morgan fingerprint density at radius 3 is 1.96 bits per heavy atom. The van der Waals surface area contributed by atoms with Crippen molar-refractivity contribution in [2.45, 2.75) is 33.7 Å². The van der Waals surface area contributed by atoms with Gasteiger partial charge in [0, 0.05) is 36.5 Å². The van der Waals surface area contributed by atoms with Crippen LogP contribution in [-0.2, 0) is 0 Å². The molecule has 0 radical (unpaired) electrons. The van der Waals surface area contributed by atoms with E-state index in [0.29, 0.717) is 24.2 Å². The molecule has 0 aliphatic rings. The predicted molar refractivity (Wildman–Crippen MR) is 99.9 cm³/mol. The molecule has 5 nitrogen and oxygen atoms in total. The van der Waals surface area contributed by atoms with Gasteiger partial charge in [0.15, 0.2) is 0 Å². The number of benzene rings is 1. The summed E-state index contributed by atoms with van der Waals surface area (Å²) < 4.78 is 0. The van der Waals surface area contributed by atoms with E-state index in [1.54, 1.807) is 46.5 Å². The largest absolute Gasteiger partial charge is 0.339 e. The molecule has 0 fully saturated rings. The summed E-state index contributed by atoms with van der Waals surface area (Å²) in [5.74, 6) is -0.123. The monoisotopic (exact) mass is 339 g/mol. The SMILES string of the molecule is CCN(CC)C(=O)c1ccc(C(=O)N(c2cccnc2)C(C)C)cc1. The lowest BCUT2D eigenvalue weighted by atomic mass is 10.1. The van der Waals surface area contributed by atoms with Gasteiger partial charge in [-0.05, 0) is 64.1 Å². The molecule has 1 aromatic carbocycles. The van der Waals surface area contributed by atoms with E-state index in [4.69, 9.17) is 0 Å². The molecule has 25 heavy (non-hydrogen) atoms. The van der Waals surface area contributed by atoms with Crippen LogP contribution in [0.3, 0.4) is 0 Å². The van der Waals surface area contributed by atoms with Crippen molar-refractivity contribution in [1.82, 2.24) is 9.88 Å². The van der Waals surface area contributed by atoms with Gasteiger partial charge >= 0.3 is 0 Å². The normalized spacial score (nSPS) is 10.6. The van der Waals surface area contributed by atoms with E-state index < -0.39 is 0 Å². The molecule has 5 heteroatoms. The van der Waals surface area contributed by atoms with E-state index >= 15 is 0 Å². The van der Waals surface area contributed by atoms with Crippen LogP contribution in [0.1, 0.15) is 48.4 Å². The summed E-state index contributed by atoms with van der Waals surface area (Å²) >= 11 is 0. The summed E-state index contributed by atoms with van der Waals surface area (Å²) in [7, 11) is 0. The van der Waals surface area contributed by atoms with Gasteiger partial charge in [-0.1, -0.05) is 0 Å². The minimum Gasteiger partial charge on any atom is -0.339 e. The molecule has 0 unspecified atom stereocenters. The Bertz CT molecular complexity index is 707. The minimum absolute atomic E-state index is 0.00585. The first-order valence-corrected chi connectivity index (χ1v) is 8.62. The number of hydrogen-bond donors (Lipinski definition) is 0. The molecule has 0 aliphatic carbocycles. The van der Waals surface area contributed by atoms with Crippen LogP contribution in [0.4, 0.5) is 5.69 Å². The second kappa shape index (κ2) is 8.42. The number of nitrogens with zero attached hydrogens (tertiary/aromatic N) is 3. The maximum atomic E-state index is 12.9. The van der Waals surface area contributed by atoms with Crippen LogP contribution in [-0.4, -0.2) is 40.8 Å². The number of pyridine rings is 1. The van der Waals surface area contributed by atoms with Gasteiger partial charge in [-0.15, -0.1) is 0 Å². The quantitative estimate of drug-likeness (QED) is 0.808. The van der Waals surface area contributed by atoms with Crippen molar-refractivity contribution >= 4 is 17.5 Å². The third-order valence-corrected chi connectivity index (χ3v) is 4.09. The molecule has 0 saturated heterocycles. The summed E-state index contributed by atoms with van der Waals surface area (Å²) in [5, 5.41) is 0. The Morgan fingerprint density at radius 2 is 1.52 bits per heavy atom. The van der Waals surface area contributed by atoms with Crippen LogP contribution in [0.25, 0.3) is 0 Å². The van der Waals surface area contributed by atoms with Crippen molar-refractivity contribution in [3.63, 3.8) is 0 Å². The minimum atomic E-state index is -0.107. The first-order valence-electron chi connectivity index (χ1n) is 8.62. The first-order chi connectivity index (χ1) is 12.0. The zero-order valence-corrected chi connectivity index (χ0v) is 15.3. The van der Waals surface area contributed by atoms with E-state index in [1.807, 2.05) is 39.8 Å². The average Bonchev–Trinajstić information content (AvgIpc) is 2.63. The highest BCUT2D eigenvalue weighted by Crippen LogP contribution is 2.19. The molecule has 0 bridgehead atoms. The van der Waals surface area contributed by atoms with Gasteiger partial charge in [-0.2, -0.15) is 0 Å². The zero-order chi connectivity index (χ0) is 18.4. The Balaban J connectivity index is 2.26. The lowest BCUT2D eigenvalue weighted by Crippen LogP contribution is -2.37. The molecule has 0 aliphatic heterocycles. The Morgan fingerprint density at radius 1 is 0.960 bits per heavy atom. The number of amides is 2. The van der Waals surface area contributed by atoms with E-state index in [0.717, 1.165) is 5.69 Å². The highest BCUT2D eigenvalue weighted by molar-refractivity contribution is 6.07. The van der Waals surface area contributed by atoms with Crippen LogP contribution in [0, 0.1) is 0 Å².